The number of nitrogens with one attached hydrogen (secondary N) is 1. The molecule has 0 radical (unpaired) electrons. The largest absolute Gasteiger partial charge is 0.450 e. The van der Waals surface area contributed by atoms with Gasteiger partial charge in [-0.05, 0) is 52.3 Å². The van der Waals surface area contributed by atoms with Crippen LogP contribution in [0.15, 0.2) is 45.5 Å². The molecule has 7 nitrogen and oxygen atoms in total. The second-order valence-electron chi connectivity index (χ2n) is 5.00. The molecule has 1 aromatic carbocycles. The van der Waals surface area contributed by atoms with E-state index >= 15 is 0 Å². The Kier molecular flexibility index (Phi) is 5.75. The van der Waals surface area contributed by atoms with Crippen molar-refractivity contribution >= 4 is 39.4 Å². The molecule has 0 spiro atoms. The highest BCUT2D eigenvalue weighted by molar-refractivity contribution is 9.10. The molecule has 0 aliphatic heterocycles. The molecule has 24 heavy (non-hydrogen) atoms. The molecule has 1 aromatic heterocycles. The van der Waals surface area contributed by atoms with Crippen molar-refractivity contribution in [3.8, 4) is 0 Å². The Morgan fingerprint density at radius 1 is 1.12 bits per heavy atom. The lowest BCUT2D eigenvalue weighted by Crippen LogP contribution is -2.22. The SMILES string of the molecule is CN(C)C(=O)c1ccc(NC(=O)COC(=O)c2ccc(Br)o2)cc1. The van der Waals surface area contributed by atoms with E-state index in [1.54, 1.807) is 44.4 Å². The van der Waals surface area contributed by atoms with E-state index in [2.05, 4.69) is 21.2 Å². The van der Waals surface area contributed by atoms with Crippen LogP contribution in [0, 0.1) is 0 Å². The van der Waals surface area contributed by atoms with E-state index in [1.165, 1.54) is 11.0 Å². The van der Waals surface area contributed by atoms with Crippen LogP contribution in [-0.4, -0.2) is 43.4 Å². The van der Waals surface area contributed by atoms with Gasteiger partial charge in [-0.15, -0.1) is 0 Å². The predicted octanol–water partition coefficient (Wildman–Crippen LogP) is 2.54. The summed E-state index contributed by atoms with van der Waals surface area (Å²) in [5, 5.41) is 2.57. The second kappa shape index (κ2) is 7.78. The average Bonchev–Trinajstić information content (AvgIpc) is 2.99. The zero-order valence-electron chi connectivity index (χ0n) is 13.0. The molecule has 1 N–H and O–H groups in total. The van der Waals surface area contributed by atoms with E-state index in [0.29, 0.717) is 15.9 Å². The minimum Gasteiger partial charge on any atom is -0.450 e. The number of furan rings is 1. The number of benzene rings is 1. The van der Waals surface area contributed by atoms with E-state index in [9.17, 15) is 14.4 Å². The molecule has 0 aliphatic rings. The molecule has 8 heteroatoms. The third kappa shape index (κ3) is 4.69. The van der Waals surface area contributed by atoms with Crippen LogP contribution >= 0.6 is 15.9 Å². The van der Waals surface area contributed by atoms with Crippen LogP contribution in [0.5, 0.6) is 0 Å². The van der Waals surface area contributed by atoms with Gasteiger partial charge in [-0.1, -0.05) is 0 Å². The number of nitrogens with zero attached hydrogens (tertiary/aromatic N) is 1. The summed E-state index contributed by atoms with van der Waals surface area (Å²) in [6.45, 7) is -0.449. The van der Waals surface area contributed by atoms with Crippen LogP contribution < -0.4 is 5.32 Å². The van der Waals surface area contributed by atoms with Crippen LogP contribution in [0.25, 0.3) is 0 Å². The maximum Gasteiger partial charge on any atom is 0.374 e. The number of hydrogen-bond acceptors (Lipinski definition) is 5. The van der Waals surface area contributed by atoms with Gasteiger partial charge in [0.25, 0.3) is 11.8 Å². The number of carbonyl (C=O) groups is 3. The smallest absolute Gasteiger partial charge is 0.374 e. The molecule has 0 saturated carbocycles. The molecule has 0 bridgehead atoms. The van der Waals surface area contributed by atoms with E-state index in [1.807, 2.05) is 0 Å². The van der Waals surface area contributed by atoms with Gasteiger partial charge < -0.3 is 19.4 Å². The highest BCUT2D eigenvalue weighted by Gasteiger charge is 2.14. The van der Waals surface area contributed by atoms with Gasteiger partial charge in [-0.3, -0.25) is 9.59 Å². The van der Waals surface area contributed by atoms with E-state index in [0.717, 1.165) is 0 Å². The van der Waals surface area contributed by atoms with Crippen molar-refractivity contribution in [2.45, 2.75) is 0 Å². The van der Waals surface area contributed by atoms with Gasteiger partial charge in [0.2, 0.25) is 5.76 Å². The number of carbonyl (C=O) groups excluding carboxylic acids is 3. The fraction of sp³-hybridized carbons (Fsp3) is 0.188. The Labute approximate surface area is 146 Å². The van der Waals surface area contributed by atoms with Crippen molar-refractivity contribution in [1.29, 1.82) is 0 Å². The van der Waals surface area contributed by atoms with Crippen LogP contribution in [0.2, 0.25) is 0 Å². The van der Waals surface area contributed by atoms with Gasteiger partial charge in [0, 0.05) is 25.3 Å². The maximum atomic E-state index is 11.8. The molecule has 2 aromatic rings. The quantitative estimate of drug-likeness (QED) is 0.787. The van der Waals surface area contributed by atoms with Crippen LogP contribution in [0.4, 0.5) is 5.69 Å². The van der Waals surface area contributed by atoms with Gasteiger partial charge in [0.05, 0.1) is 0 Å². The average molecular weight is 395 g/mol. The highest BCUT2D eigenvalue weighted by Crippen LogP contribution is 2.15. The zero-order valence-corrected chi connectivity index (χ0v) is 14.6. The summed E-state index contributed by atoms with van der Waals surface area (Å²) in [5.74, 6) is -1.36. The Hall–Kier alpha value is -2.61. The number of halogens is 1. The highest BCUT2D eigenvalue weighted by atomic mass is 79.9. The fourth-order valence-electron chi connectivity index (χ4n) is 1.78. The second-order valence-corrected chi connectivity index (χ2v) is 5.79. The molecule has 2 amide bonds. The molecule has 0 unspecified atom stereocenters. The minimum absolute atomic E-state index is 0.00113. The molecule has 0 aliphatic carbocycles. The molecule has 126 valence electrons. The summed E-state index contributed by atoms with van der Waals surface area (Å²) in [5.41, 5.74) is 1.000. The monoisotopic (exact) mass is 394 g/mol. The van der Waals surface area contributed by atoms with Crippen molar-refractivity contribution in [3.63, 3.8) is 0 Å². The normalized spacial score (nSPS) is 10.1. The molecule has 0 atom stereocenters. The van der Waals surface area contributed by atoms with Gasteiger partial charge in [0.1, 0.15) is 0 Å². The Morgan fingerprint density at radius 2 is 1.79 bits per heavy atom. The first-order valence-corrected chi connectivity index (χ1v) is 7.70. The number of esters is 1. The molecular formula is C16H15BrN2O5. The summed E-state index contributed by atoms with van der Waals surface area (Å²) < 4.78 is 10.3. The lowest BCUT2D eigenvalue weighted by molar-refractivity contribution is -0.119. The number of ether oxygens (including phenoxy) is 1. The minimum atomic E-state index is -0.734. The van der Waals surface area contributed by atoms with Gasteiger partial charge in [0.15, 0.2) is 11.3 Å². The first-order valence-electron chi connectivity index (χ1n) is 6.91. The lowest BCUT2D eigenvalue weighted by Gasteiger charge is -2.11. The topological polar surface area (TPSA) is 88.9 Å². The predicted molar refractivity (Wildman–Crippen MR) is 89.8 cm³/mol. The Balaban J connectivity index is 1.86. The van der Waals surface area contributed by atoms with Crippen molar-refractivity contribution in [1.82, 2.24) is 4.90 Å². The summed E-state index contributed by atoms with van der Waals surface area (Å²) in [6, 6.07) is 9.38. The molecular weight excluding hydrogens is 380 g/mol. The molecule has 2 rings (SSSR count). The van der Waals surface area contributed by atoms with E-state index in [-0.39, 0.29) is 11.7 Å². The number of rotatable bonds is 5. The molecule has 1 heterocycles. The van der Waals surface area contributed by atoms with Crippen molar-refractivity contribution < 1.29 is 23.5 Å². The Morgan fingerprint density at radius 3 is 2.33 bits per heavy atom. The molecule has 0 fully saturated rings. The number of anilines is 1. The fourth-order valence-corrected chi connectivity index (χ4v) is 2.08. The van der Waals surface area contributed by atoms with Crippen LogP contribution in [0.1, 0.15) is 20.9 Å². The zero-order chi connectivity index (χ0) is 17.7. The number of hydrogen-bond donors (Lipinski definition) is 1. The lowest BCUT2D eigenvalue weighted by atomic mass is 10.2. The number of amides is 2. The maximum absolute atomic E-state index is 11.8. The summed E-state index contributed by atoms with van der Waals surface area (Å²) in [4.78, 5) is 36.6. The summed E-state index contributed by atoms with van der Waals surface area (Å²) in [7, 11) is 3.31. The first-order chi connectivity index (χ1) is 11.4. The summed E-state index contributed by atoms with van der Waals surface area (Å²) in [6.07, 6.45) is 0. The van der Waals surface area contributed by atoms with Gasteiger partial charge >= 0.3 is 5.97 Å². The van der Waals surface area contributed by atoms with E-state index in [4.69, 9.17) is 9.15 Å². The van der Waals surface area contributed by atoms with Crippen molar-refractivity contribution in [2.75, 3.05) is 26.0 Å². The van der Waals surface area contributed by atoms with Crippen LogP contribution in [0.3, 0.4) is 0 Å². The Bertz CT molecular complexity index is 752. The van der Waals surface area contributed by atoms with E-state index < -0.39 is 18.5 Å². The third-order valence-corrected chi connectivity index (χ3v) is 3.36. The van der Waals surface area contributed by atoms with Crippen molar-refractivity contribution in [3.05, 3.63) is 52.4 Å². The summed E-state index contributed by atoms with van der Waals surface area (Å²) >= 11 is 3.07. The standard InChI is InChI=1S/C16H15BrN2O5/c1-19(2)15(21)10-3-5-11(6-4-10)18-14(20)9-23-16(22)12-7-8-13(17)24-12/h3-8H,9H2,1-2H3,(H,18,20). The third-order valence-electron chi connectivity index (χ3n) is 2.93. The first kappa shape index (κ1) is 17.7. The van der Waals surface area contributed by atoms with Gasteiger partial charge in [-0.2, -0.15) is 0 Å². The van der Waals surface area contributed by atoms with Crippen molar-refractivity contribution in [2.24, 2.45) is 0 Å². The van der Waals surface area contributed by atoms with Crippen LogP contribution in [-0.2, 0) is 9.53 Å². The van der Waals surface area contributed by atoms with Gasteiger partial charge in [-0.25, -0.2) is 4.79 Å². The molecule has 0 saturated heterocycles.